The molecule has 24 heavy (non-hydrogen) atoms. The fourth-order valence-electron chi connectivity index (χ4n) is 2.97. The van der Waals surface area contributed by atoms with Gasteiger partial charge >= 0.3 is 0 Å². The van der Waals surface area contributed by atoms with E-state index in [1.165, 1.54) is 5.57 Å². The van der Waals surface area contributed by atoms with E-state index < -0.39 is 0 Å². The molecule has 1 saturated heterocycles. The first-order valence-electron chi connectivity index (χ1n) is 7.74. The van der Waals surface area contributed by atoms with Crippen LogP contribution in [0.25, 0.3) is 0 Å². The number of hydrogen-bond acceptors (Lipinski definition) is 5. The number of anilines is 1. The average molecular weight is 327 g/mol. The Kier molecular flexibility index (Phi) is 4.05. The molecular weight excluding hydrogens is 306 g/mol. The first-order chi connectivity index (χ1) is 11.4. The Morgan fingerprint density at radius 3 is 2.25 bits per heavy atom. The Morgan fingerprint density at radius 1 is 1.12 bits per heavy atom. The fourth-order valence-corrected chi connectivity index (χ4v) is 2.97. The third kappa shape index (κ3) is 2.64. The topological polar surface area (TPSA) is 74.7 Å². The number of ketones is 1. The van der Waals surface area contributed by atoms with Gasteiger partial charge in [0.2, 0.25) is 0 Å². The molecule has 1 aromatic carbocycles. The number of hydrogen-bond donors (Lipinski definition) is 2. The lowest BCUT2D eigenvalue weighted by atomic mass is 10.1. The van der Waals surface area contributed by atoms with E-state index in [-0.39, 0.29) is 18.2 Å². The van der Waals surface area contributed by atoms with Crippen molar-refractivity contribution >= 4 is 17.3 Å². The monoisotopic (exact) mass is 327 g/mol. The summed E-state index contributed by atoms with van der Waals surface area (Å²) in [4.78, 5) is 14.2. The van der Waals surface area contributed by atoms with Crippen LogP contribution in [0.15, 0.2) is 40.7 Å². The third-order valence-corrected chi connectivity index (χ3v) is 4.46. The highest BCUT2D eigenvalue weighted by Crippen LogP contribution is 2.33. The molecule has 0 amide bonds. The largest absolute Gasteiger partial charge is 0.497 e. The van der Waals surface area contributed by atoms with Crippen molar-refractivity contribution in [1.29, 1.82) is 5.41 Å². The second-order valence-corrected chi connectivity index (χ2v) is 5.99. The number of carbonyl (C=O) groups excluding carboxylic acids is 1. The number of rotatable bonds is 3. The van der Waals surface area contributed by atoms with E-state index in [9.17, 15) is 4.79 Å². The number of nitrogens with one attached hydrogen (secondary N) is 2. The maximum absolute atomic E-state index is 12.5. The summed E-state index contributed by atoms with van der Waals surface area (Å²) in [5.41, 5.74) is 4.24. The van der Waals surface area contributed by atoms with Gasteiger partial charge in [-0.05, 0) is 19.4 Å². The summed E-state index contributed by atoms with van der Waals surface area (Å²) in [6.07, 6.45) is 0.685. The van der Waals surface area contributed by atoms with Gasteiger partial charge in [0, 0.05) is 36.0 Å². The van der Waals surface area contributed by atoms with Gasteiger partial charge in [-0.25, -0.2) is 0 Å². The van der Waals surface area contributed by atoms with Gasteiger partial charge in [0.25, 0.3) is 0 Å². The molecule has 1 aromatic rings. The number of allylic oxidation sites excluding steroid dienone is 2. The van der Waals surface area contributed by atoms with E-state index in [2.05, 4.69) is 5.32 Å². The van der Waals surface area contributed by atoms with Crippen molar-refractivity contribution in [2.24, 2.45) is 0 Å². The number of Topliss-reactive ketones (excluding diaryl/α,β-unsaturated/α-hetero) is 1. The first-order valence-corrected chi connectivity index (χ1v) is 7.74. The second kappa shape index (κ2) is 6.03. The molecule has 0 spiro atoms. The number of benzene rings is 1. The molecule has 1 fully saturated rings. The molecular formula is C18H21N3O3. The lowest BCUT2D eigenvalue weighted by Gasteiger charge is -2.19. The van der Waals surface area contributed by atoms with Crippen molar-refractivity contribution in [3.63, 3.8) is 0 Å². The van der Waals surface area contributed by atoms with Crippen LogP contribution in [0.4, 0.5) is 5.69 Å². The Balaban J connectivity index is 1.97. The van der Waals surface area contributed by atoms with Crippen molar-refractivity contribution in [2.45, 2.75) is 20.3 Å². The highest BCUT2D eigenvalue weighted by molar-refractivity contribution is 6.33. The molecule has 0 aromatic heterocycles. The van der Waals surface area contributed by atoms with Crippen LogP contribution < -0.4 is 19.7 Å². The predicted molar refractivity (Wildman–Crippen MR) is 92.8 cm³/mol. The zero-order valence-corrected chi connectivity index (χ0v) is 14.3. The van der Waals surface area contributed by atoms with Crippen LogP contribution in [0, 0.1) is 5.41 Å². The number of nitrogens with zero attached hydrogens (tertiary/aromatic N) is 1. The summed E-state index contributed by atoms with van der Waals surface area (Å²) in [6, 6.07) is 5.36. The molecule has 6 nitrogen and oxygen atoms in total. The van der Waals surface area contributed by atoms with Crippen molar-refractivity contribution in [3.8, 4) is 11.5 Å². The number of methoxy groups -OCH3 is 2. The zero-order valence-electron chi connectivity index (χ0n) is 14.3. The minimum absolute atomic E-state index is 0.0493. The lowest BCUT2D eigenvalue weighted by Crippen LogP contribution is -2.25. The maximum atomic E-state index is 12.5. The van der Waals surface area contributed by atoms with E-state index in [1.54, 1.807) is 37.3 Å². The smallest absolute Gasteiger partial charge is 0.188 e. The molecule has 2 aliphatic heterocycles. The van der Waals surface area contributed by atoms with Crippen LogP contribution >= 0.6 is 0 Å². The predicted octanol–water partition coefficient (Wildman–Crippen LogP) is 2.61. The standard InChI is InChI=1S/C18H21N3O3/c1-10-5-15(20-11(10)2)17-16(22)9-21(18(17)19)12-6-13(23-3)8-14(7-12)24-4/h6-8,19-20H,5,9H2,1-4H3. The normalized spacial score (nSPS) is 20.8. The first kappa shape index (κ1) is 16.1. The van der Waals surface area contributed by atoms with Gasteiger partial charge < -0.3 is 19.7 Å². The van der Waals surface area contributed by atoms with Gasteiger partial charge in [0.1, 0.15) is 17.3 Å². The molecule has 0 atom stereocenters. The van der Waals surface area contributed by atoms with Crippen LogP contribution in [-0.4, -0.2) is 32.4 Å². The molecule has 2 N–H and O–H groups in total. The highest BCUT2D eigenvalue weighted by Gasteiger charge is 2.35. The highest BCUT2D eigenvalue weighted by atomic mass is 16.5. The number of ether oxygens (including phenoxy) is 2. The molecule has 2 aliphatic rings. The summed E-state index contributed by atoms with van der Waals surface area (Å²) in [7, 11) is 3.15. The van der Waals surface area contributed by atoms with Crippen LogP contribution in [0.2, 0.25) is 0 Å². The quantitative estimate of drug-likeness (QED) is 0.835. The van der Waals surface area contributed by atoms with Crippen molar-refractivity contribution in [1.82, 2.24) is 5.32 Å². The Labute approximate surface area is 141 Å². The van der Waals surface area contributed by atoms with Crippen LogP contribution in [0.5, 0.6) is 11.5 Å². The summed E-state index contributed by atoms with van der Waals surface area (Å²) in [5, 5.41) is 11.7. The van der Waals surface area contributed by atoms with Gasteiger partial charge in [-0.2, -0.15) is 0 Å². The molecule has 0 saturated carbocycles. The van der Waals surface area contributed by atoms with Gasteiger partial charge in [0.05, 0.1) is 32.0 Å². The number of carbonyl (C=O) groups is 1. The van der Waals surface area contributed by atoms with E-state index >= 15 is 0 Å². The molecule has 3 rings (SSSR count). The van der Waals surface area contributed by atoms with E-state index in [1.807, 2.05) is 13.8 Å². The Bertz CT molecular complexity index is 754. The van der Waals surface area contributed by atoms with Crippen LogP contribution in [0.1, 0.15) is 20.3 Å². The fraction of sp³-hybridized carbons (Fsp3) is 0.333. The zero-order chi connectivity index (χ0) is 17.4. The summed E-state index contributed by atoms with van der Waals surface area (Å²) in [5.74, 6) is 1.41. The third-order valence-electron chi connectivity index (χ3n) is 4.46. The van der Waals surface area contributed by atoms with E-state index in [0.29, 0.717) is 29.2 Å². The molecule has 0 bridgehead atoms. The molecule has 6 heteroatoms. The molecule has 0 unspecified atom stereocenters. The SMILES string of the molecule is COc1cc(OC)cc(N2CC(=O)C(=C3CC(C)=C(C)N3)C2=N)c1. The lowest BCUT2D eigenvalue weighted by molar-refractivity contribution is -0.113. The summed E-state index contributed by atoms with van der Waals surface area (Å²) >= 11 is 0. The minimum atomic E-state index is -0.0493. The van der Waals surface area contributed by atoms with E-state index in [4.69, 9.17) is 14.9 Å². The average Bonchev–Trinajstić information content (AvgIpc) is 3.05. The van der Waals surface area contributed by atoms with Gasteiger partial charge in [-0.15, -0.1) is 0 Å². The van der Waals surface area contributed by atoms with Gasteiger partial charge in [-0.1, -0.05) is 0 Å². The minimum Gasteiger partial charge on any atom is -0.497 e. The van der Waals surface area contributed by atoms with Crippen molar-refractivity contribution < 1.29 is 14.3 Å². The number of amidine groups is 1. The second-order valence-electron chi connectivity index (χ2n) is 5.99. The summed E-state index contributed by atoms with van der Waals surface area (Å²) < 4.78 is 10.6. The van der Waals surface area contributed by atoms with E-state index in [0.717, 1.165) is 11.4 Å². The maximum Gasteiger partial charge on any atom is 0.188 e. The van der Waals surface area contributed by atoms with Crippen LogP contribution in [0.3, 0.4) is 0 Å². The van der Waals surface area contributed by atoms with Gasteiger partial charge in [-0.3, -0.25) is 10.2 Å². The molecule has 0 radical (unpaired) electrons. The summed E-state index contributed by atoms with van der Waals surface area (Å²) in [6.45, 7) is 4.16. The molecule has 2 heterocycles. The van der Waals surface area contributed by atoms with Crippen molar-refractivity contribution in [2.75, 3.05) is 25.7 Å². The van der Waals surface area contributed by atoms with Crippen molar-refractivity contribution in [3.05, 3.63) is 40.7 Å². The molecule has 126 valence electrons. The Morgan fingerprint density at radius 2 is 1.75 bits per heavy atom. The van der Waals surface area contributed by atoms with Crippen LogP contribution in [-0.2, 0) is 4.79 Å². The Hall–Kier alpha value is -2.76. The van der Waals surface area contributed by atoms with Gasteiger partial charge in [0.15, 0.2) is 5.78 Å². The molecule has 0 aliphatic carbocycles.